The Kier molecular flexibility index (Phi) is 5.14. The van der Waals surface area contributed by atoms with Crippen LogP contribution < -0.4 is 14.2 Å². The van der Waals surface area contributed by atoms with Gasteiger partial charge in [0.25, 0.3) is 0 Å². The molecule has 0 atom stereocenters. The number of halogens is 1. The first-order valence-electron chi connectivity index (χ1n) is 7.64. The highest BCUT2D eigenvalue weighted by Crippen LogP contribution is 2.39. The summed E-state index contributed by atoms with van der Waals surface area (Å²) in [6.45, 7) is 0. The van der Waals surface area contributed by atoms with Crippen molar-refractivity contribution < 1.29 is 23.7 Å². The number of cyclic esters (lactones) is 1. The zero-order chi connectivity index (χ0) is 18.7. The Labute approximate surface area is 155 Å². The summed E-state index contributed by atoms with van der Waals surface area (Å²) in [6, 6.07) is 10.4. The molecule has 1 aliphatic rings. The lowest BCUT2D eigenvalue weighted by atomic mass is 10.1. The number of methoxy groups -OCH3 is 3. The maximum absolute atomic E-state index is 12.1. The fourth-order valence-corrected chi connectivity index (χ4v) is 2.58. The van der Waals surface area contributed by atoms with Gasteiger partial charge in [0.2, 0.25) is 11.6 Å². The average molecular weight is 374 g/mol. The fourth-order valence-electron chi connectivity index (χ4n) is 2.45. The van der Waals surface area contributed by atoms with Crippen molar-refractivity contribution in [3.05, 3.63) is 58.2 Å². The van der Waals surface area contributed by atoms with E-state index in [-0.39, 0.29) is 11.6 Å². The Morgan fingerprint density at radius 3 is 2.15 bits per heavy atom. The Bertz CT molecular complexity index is 878. The number of esters is 1. The molecule has 3 rings (SSSR count). The van der Waals surface area contributed by atoms with E-state index in [0.717, 1.165) is 5.56 Å². The Hall–Kier alpha value is -2.99. The van der Waals surface area contributed by atoms with Gasteiger partial charge in [-0.25, -0.2) is 9.79 Å². The van der Waals surface area contributed by atoms with Crippen LogP contribution in [0.25, 0.3) is 6.08 Å². The van der Waals surface area contributed by atoms with Crippen molar-refractivity contribution in [1.82, 2.24) is 0 Å². The predicted octanol–water partition coefficient (Wildman–Crippen LogP) is 3.71. The predicted molar refractivity (Wildman–Crippen MR) is 98.2 cm³/mol. The van der Waals surface area contributed by atoms with Crippen LogP contribution in [0.1, 0.15) is 11.1 Å². The second-order valence-corrected chi connectivity index (χ2v) is 5.74. The summed E-state index contributed by atoms with van der Waals surface area (Å²) in [4.78, 5) is 16.4. The maximum atomic E-state index is 12.1. The van der Waals surface area contributed by atoms with Gasteiger partial charge < -0.3 is 18.9 Å². The molecule has 0 amide bonds. The van der Waals surface area contributed by atoms with E-state index in [2.05, 4.69) is 4.99 Å². The third kappa shape index (κ3) is 3.50. The van der Waals surface area contributed by atoms with Crippen LogP contribution in [0.2, 0.25) is 5.02 Å². The number of nitrogens with zero attached hydrogens (tertiary/aromatic N) is 1. The molecule has 0 saturated carbocycles. The van der Waals surface area contributed by atoms with Crippen molar-refractivity contribution in [2.75, 3.05) is 21.3 Å². The zero-order valence-electron chi connectivity index (χ0n) is 14.4. The topological polar surface area (TPSA) is 66.4 Å². The van der Waals surface area contributed by atoms with Crippen LogP contribution in [0.15, 0.2) is 47.1 Å². The van der Waals surface area contributed by atoms with E-state index in [0.29, 0.717) is 27.8 Å². The highest BCUT2D eigenvalue weighted by molar-refractivity contribution is 6.30. The first-order chi connectivity index (χ1) is 12.5. The van der Waals surface area contributed by atoms with E-state index in [1.807, 2.05) is 0 Å². The Morgan fingerprint density at radius 2 is 1.62 bits per heavy atom. The van der Waals surface area contributed by atoms with E-state index in [9.17, 15) is 4.79 Å². The molecule has 0 radical (unpaired) electrons. The van der Waals surface area contributed by atoms with E-state index in [1.165, 1.54) is 21.3 Å². The zero-order valence-corrected chi connectivity index (χ0v) is 15.2. The van der Waals surface area contributed by atoms with Gasteiger partial charge in [0.15, 0.2) is 17.2 Å². The highest BCUT2D eigenvalue weighted by atomic mass is 35.5. The van der Waals surface area contributed by atoms with Gasteiger partial charge >= 0.3 is 5.97 Å². The number of ether oxygens (including phenoxy) is 4. The van der Waals surface area contributed by atoms with Crippen LogP contribution in [0, 0.1) is 0 Å². The van der Waals surface area contributed by atoms with Gasteiger partial charge in [0.1, 0.15) is 0 Å². The Morgan fingerprint density at radius 1 is 1.00 bits per heavy atom. The van der Waals surface area contributed by atoms with Crippen molar-refractivity contribution in [2.24, 2.45) is 4.99 Å². The van der Waals surface area contributed by atoms with Crippen molar-refractivity contribution >= 4 is 29.5 Å². The van der Waals surface area contributed by atoms with E-state index in [4.69, 9.17) is 30.5 Å². The molecule has 0 spiro atoms. The van der Waals surface area contributed by atoms with Crippen molar-refractivity contribution in [3.63, 3.8) is 0 Å². The third-order valence-electron chi connectivity index (χ3n) is 3.71. The van der Waals surface area contributed by atoms with Gasteiger partial charge in [-0.3, -0.25) is 0 Å². The summed E-state index contributed by atoms with van der Waals surface area (Å²) in [5.41, 5.74) is 1.51. The molecule has 0 aliphatic carbocycles. The molecule has 134 valence electrons. The summed E-state index contributed by atoms with van der Waals surface area (Å²) in [7, 11) is 4.53. The van der Waals surface area contributed by atoms with Crippen LogP contribution in [0.5, 0.6) is 17.2 Å². The summed E-state index contributed by atoms with van der Waals surface area (Å²) >= 11 is 5.87. The molecule has 7 heteroatoms. The van der Waals surface area contributed by atoms with E-state index in [1.54, 1.807) is 42.5 Å². The standard InChI is InChI=1S/C19H16ClNO5/c1-23-15-9-12(10-16(24-2)17(15)25-3)18-21-14(19(22)26-18)8-11-4-6-13(20)7-5-11/h4-10H,1-3H3/b14-8+. The lowest BCUT2D eigenvalue weighted by Crippen LogP contribution is -2.06. The number of carbonyl (C=O) groups is 1. The van der Waals surface area contributed by atoms with E-state index >= 15 is 0 Å². The summed E-state index contributed by atoms with van der Waals surface area (Å²) in [6.07, 6.45) is 1.63. The molecule has 26 heavy (non-hydrogen) atoms. The minimum Gasteiger partial charge on any atom is -0.493 e. The molecule has 2 aromatic carbocycles. The summed E-state index contributed by atoms with van der Waals surface area (Å²) < 4.78 is 21.2. The fraction of sp³-hybridized carbons (Fsp3) is 0.158. The SMILES string of the molecule is COc1cc(C2=N/C(=C/c3ccc(Cl)cc3)C(=O)O2)cc(OC)c1OC. The lowest BCUT2D eigenvalue weighted by molar-refractivity contribution is -0.129. The van der Waals surface area contributed by atoms with Crippen LogP contribution in [-0.4, -0.2) is 33.2 Å². The molecule has 0 unspecified atom stereocenters. The average Bonchev–Trinajstić information content (AvgIpc) is 3.02. The Balaban J connectivity index is 1.99. The normalized spacial score (nSPS) is 14.8. The number of benzene rings is 2. The number of aliphatic imine (C=N–C) groups is 1. The molecule has 0 fully saturated rings. The van der Waals surface area contributed by atoms with Gasteiger partial charge in [0, 0.05) is 10.6 Å². The molecule has 1 aliphatic heterocycles. The van der Waals surface area contributed by atoms with Gasteiger partial charge in [-0.1, -0.05) is 23.7 Å². The first kappa shape index (κ1) is 17.8. The summed E-state index contributed by atoms with van der Waals surface area (Å²) in [5, 5.41) is 0.614. The quantitative estimate of drug-likeness (QED) is 0.590. The minimum absolute atomic E-state index is 0.162. The molecule has 0 bridgehead atoms. The number of rotatable bonds is 5. The van der Waals surface area contributed by atoms with Crippen LogP contribution in [0.3, 0.4) is 0 Å². The lowest BCUT2D eigenvalue weighted by Gasteiger charge is -2.13. The van der Waals surface area contributed by atoms with Crippen molar-refractivity contribution in [3.8, 4) is 17.2 Å². The highest BCUT2D eigenvalue weighted by Gasteiger charge is 2.26. The molecule has 0 aromatic heterocycles. The van der Waals surface area contributed by atoms with Crippen LogP contribution >= 0.6 is 11.6 Å². The molecule has 6 nitrogen and oxygen atoms in total. The summed E-state index contributed by atoms with van der Waals surface area (Å²) in [5.74, 6) is 0.949. The molecule has 0 N–H and O–H groups in total. The molecule has 0 saturated heterocycles. The number of carbonyl (C=O) groups excluding carboxylic acids is 1. The molecular weight excluding hydrogens is 358 g/mol. The van der Waals surface area contributed by atoms with Gasteiger partial charge in [-0.2, -0.15) is 0 Å². The van der Waals surface area contributed by atoms with Crippen molar-refractivity contribution in [1.29, 1.82) is 0 Å². The van der Waals surface area contributed by atoms with E-state index < -0.39 is 5.97 Å². The maximum Gasteiger partial charge on any atom is 0.363 e. The second-order valence-electron chi connectivity index (χ2n) is 5.30. The third-order valence-corrected chi connectivity index (χ3v) is 3.96. The van der Waals surface area contributed by atoms with Gasteiger partial charge in [-0.05, 0) is 35.9 Å². The van der Waals surface area contributed by atoms with Crippen LogP contribution in [0.4, 0.5) is 0 Å². The minimum atomic E-state index is -0.538. The number of hydrogen-bond acceptors (Lipinski definition) is 6. The van der Waals surface area contributed by atoms with Gasteiger partial charge in [0.05, 0.1) is 21.3 Å². The molecule has 1 heterocycles. The number of hydrogen-bond donors (Lipinski definition) is 0. The largest absolute Gasteiger partial charge is 0.493 e. The monoisotopic (exact) mass is 373 g/mol. The smallest absolute Gasteiger partial charge is 0.363 e. The van der Waals surface area contributed by atoms with Crippen molar-refractivity contribution in [2.45, 2.75) is 0 Å². The molecular formula is C19H16ClNO5. The molecule has 2 aromatic rings. The second kappa shape index (κ2) is 7.49. The first-order valence-corrected chi connectivity index (χ1v) is 8.02. The van der Waals surface area contributed by atoms with Crippen LogP contribution in [-0.2, 0) is 9.53 Å². The van der Waals surface area contributed by atoms with Gasteiger partial charge in [-0.15, -0.1) is 0 Å².